The van der Waals surface area contributed by atoms with Gasteiger partial charge >= 0.3 is 40.8 Å². The van der Waals surface area contributed by atoms with Gasteiger partial charge in [0.1, 0.15) is 9.79 Å². The van der Waals surface area contributed by atoms with E-state index in [0.29, 0.717) is 12.1 Å². The summed E-state index contributed by atoms with van der Waals surface area (Å²) in [5, 5.41) is 0. The van der Waals surface area contributed by atoms with Crippen molar-refractivity contribution in [2.75, 3.05) is 25.1 Å². The summed E-state index contributed by atoms with van der Waals surface area (Å²) in [5.74, 6) is 0.438. The third-order valence-electron chi connectivity index (χ3n) is 4.43. The molecule has 0 spiro atoms. The van der Waals surface area contributed by atoms with Crippen LogP contribution in [0.5, 0.6) is 0 Å². The first kappa shape index (κ1) is 34.9. The maximum absolute atomic E-state index is 13.4. The first-order valence-electron chi connectivity index (χ1n) is 10.7. The van der Waals surface area contributed by atoms with Crippen molar-refractivity contribution in [2.24, 2.45) is 0 Å². The molecule has 2 aromatic carbocycles. The van der Waals surface area contributed by atoms with Crippen LogP contribution in [0, 0.1) is 0 Å². The third kappa shape index (κ3) is 9.35. The molecule has 0 amide bonds. The molecule has 0 aliphatic heterocycles. The van der Waals surface area contributed by atoms with Crippen LogP contribution in [-0.2, 0) is 54.6 Å². The van der Waals surface area contributed by atoms with E-state index in [9.17, 15) is 47.7 Å². The van der Waals surface area contributed by atoms with Crippen molar-refractivity contribution in [3.05, 3.63) is 47.5 Å². The minimum Gasteiger partial charge on any atom is -0.282 e. The van der Waals surface area contributed by atoms with Gasteiger partial charge in [-0.1, -0.05) is 26.0 Å². The summed E-state index contributed by atoms with van der Waals surface area (Å²) in [6, 6.07) is 5.34. The summed E-state index contributed by atoms with van der Waals surface area (Å²) in [7, 11) is -14.0. The van der Waals surface area contributed by atoms with Crippen molar-refractivity contribution in [3.63, 3.8) is 0 Å². The van der Waals surface area contributed by atoms with Crippen molar-refractivity contribution in [1.82, 2.24) is 0 Å². The van der Waals surface area contributed by atoms with Gasteiger partial charge in [0.2, 0.25) is 0 Å². The maximum Gasteiger partial charge on any atom is 0.417 e. The van der Waals surface area contributed by atoms with E-state index in [2.05, 4.69) is 17.4 Å². The highest BCUT2D eigenvalue weighted by atomic mass is 32.2. The molecule has 0 aromatic heterocycles. The second-order valence-corrected chi connectivity index (χ2v) is 13.8. The lowest BCUT2D eigenvalue weighted by Crippen LogP contribution is -2.17. The summed E-state index contributed by atoms with van der Waals surface area (Å²) >= 11 is 1.58. The zero-order valence-electron chi connectivity index (χ0n) is 20.4. The van der Waals surface area contributed by atoms with Gasteiger partial charge in [-0.3, -0.25) is 13.6 Å². The minimum atomic E-state index is -5.11. The zero-order valence-corrected chi connectivity index (χ0v) is 24.6. The molecule has 9 nitrogen and oxygen atoms in total. The molecule has 2 aromatic rings. The second-order valence-electron chi connectivity index (χ2n) is 7.05. The molecule has 40 heavy (non-hydrogen) atoms. The smallest absolute Gasteiger partial charge is 0.282 e. The third-order valence-corrected chi connectivity index (χ3v) is 9.97. The molecule has 0 saturated carbocycles. The lowest BCUT2D eigenvalue weighted by Gasteiger charge is -2.17. The Labute approximate surface area is 235 Å². The van der Waals surface area contributed by atoms with Crippen LogP contribution in [0.25, 0.3) is 0 Å². The van der Waals surface area contributed by atoms with E-state index in [0.717, 1.165) is 47.8 Å². The predicted octanol–water partition coefficient (Wildman–Crippen LogP) is 6.40. The van der Waals surface area contributed by atoms with E-state index < -0.39 is 75.3 Å². The molecule has 0 saturated heterocycles. The minimum absolute atomic E-state index is 0.219. The number of hydrogen-bond acceptors (Lipinski definition) is 11. The average molecular weight is 679 g/mol. The Morgan fingerprint density at radius 1 is 0.700 bits per heavy atom. The highest BCUT2D eigenvalue weighted by molar-refractivity contribution is 8.00. The number of rotatable bonds is 14. The second kappa shape index (κ2) is 14.2. The highest BCUT2D eigenvalue weighted by Crippen LogP contribution is 2.41. The molecule has 0 radical (unpaired) electrons. The van der Waals surface area contributed by atoms with Gasteiger partial charge in [0, 0.05) is 9.79 Å². The lowest BCUT2D eigenvalue weighted by atomic mass is 10.2. The molecule has 0 atom stereocenters. The Hall–Kier alpha value is -1.31. The van der Waals surface area contributed by atoms with Crippen LogP contribution in [-0.4, -0.2) is 41.9 Å². The topological polar surface area (TPSA) is 122 Å². The summed E-state index contributed by atoms with van der Waals surface area (Å²) in [6.45, 7) is 0.345. The summed E-state index contributed by atoms with van der Waals surface area (Å²) in [5.41, 5.74) is -3.01. The van der Waals surface area contributed by atoms with Crippen LogP contribution < -0.4 is 0 Å². The summed E-state index contributed by atoms with van der Waals surface area (Å²) in [4.78, 5) is -2.90. The van der Waals surface area contributed by atoms with Gasteiger partial charge in [-0.2, -0.15) is 43.2 Å². The molecular formula is C20H21F6O9PS4. The van der Waals surface area contributed by atoms with Crippen LogP contribution in [0.4, 0.5) is 26.3 Å². The number of benzene rings is 2. The quantitative estimate of drug-likeness (QED) is 0.0726. The van der Waals surface area contributed by atoms with Crippen molar-refractivity contribution < 1.29 is 65.2 Å². The molecule has 0 aliphatic carbocycles. The fourth-order valence-corrected chi connectivity index (χ4v) is 8.07. The first-order chi connectivity index (χ1) is 18.5. The van der Waals surface area contributed by atoms with Crippen LogP contribution in [0.2, 0.25) is 0 Å². The number of halogens is 6. The zero-order chi connectivity index (χ0) is 30.4. The normalized spacial score (nSPS) is 13.2. The summed E-state index contributed by atoms with van der Waals surface area (Å²) < 4.78 is 160. The van der Waals surface area contributed by atoms with Crippen LogP contribution in [0.1, 0.15) is 25.0 Å². The molecule has 0 aliphatic rings. The van der Waals surface area contributed by atoms with Gasteiger partial charge in [0.15, 0.2) is 13.6 Å². The Bertz CT molecular complexity index is 1310. The predicted molar refractivity (Wildman–Crippen MR) is 133 cm³/mol. The fraction of sp³-hybridized carbons (Fsp3) is 0.400. The van der Waals surface area contributed by atoms with E-state index in [1.807, 2.05) is 0 Å². The molecule has 226 valence electrons. The Balaban J connectivity index is 2.09. The van der Waals surface area contributed by atoms with E-state index in [4.69, 9.17) is 0 Å². The van der Waals surface area contributed by atoms with Crippen LogP contribution in [0.15, 0.2) is 56.0 Å². The van der Waals surface area contributed by atoms with Crippen molar-refractivity contribution >= 4 is 52.0 Å². The molecule has 0 N–H and O–H groups in total. The Morgan fingerprint density at radius 3 is 1.35 bits per heavy atom. The molecule has 0 unspecified atom stereocenters. The van der Waals surface area contributed by atoms with Crippen molar-refractivity contribution in [3.8, 4) is 0 Å². The fourth-order valence-electron chi connectivity index (χ4n) is 2.96. The van der Waals surface area contributed by atoms with Gasteiger partial charge < -0.3 is 0 Å². The van der Waals surface area contributed by atoms with Crippen LogP contribution >= 0.6 is 31.8 Å². The molecule has 2 rings (SSSR count). The standard InChI is InChI=1S/C20H21F6O9PS4/c1-3-37-15-9-5-7-13(19(21,22)23)17(15)39(28,29)34-11-32-36(27)33-12-35-40(30,31)18-14(20(24,25)26)8-6-10-16(18)38-4-2/h5-10,36H,3-4,11-12H2,1-2H3. The molecule has 0 fully saturated rings. The molecular weight excluding hydrogens is 657 g/mol. The number of thioether (sulfide) groups is 2. The monoisotopic (exact) mass is 678 g/mol. The molecule has 20 heteroatoms. The van der Waals surface area contributed by atoms with E-state index in [-0.39, 0.29) is 21.3 Å². The number of hydrogen-bond donors (Lipinski definition) is 0. The van der Waals surface area contributed by atoms with E-state index >= 15 is 0 Å². The first-order valence-corrected chi connectivity index (χ1v) is 16.7. The highest BCUT2D eigenvalue weighted by Gasteiger charge is 2.40. The van der Waals surface area contributed by atoms with Crippen molar-refractivity contribution in [1.29, 1.82) is 0 Å². The number of alkyl halides is 6. The maximum atomic E-state index is 13.4. The van der Waals surface area contributed by atoms with Crippen molar-refractivity contribution in [2.45, 2.75) is 45.8 Å². The van der Waals surface area contributed by atoms with Crippen LogP contribution in [0.3, 0.4) is 0 Å². The van der Waals surface area contributed by atoms with Gasteiger partial charge in [-0.05, 0) is 35.8 Å². The Morgan fingerprint density at radius 2 is 1.05 bits per heavy atom. The van der Waals surface area contributed by atoms with Gasteiger partial charge in [0.05, 0.1) is 11.1 Å². The van der Waals surface area contributed by atoms with Gasteiger partial charge in [0.25, 0.3) is 0 Å². The SMILES string of the molecule is CCSc1cccc(C(F)(F)F)c1S(=O)(=O)OCO[PH](=O)OCOS(=O)(=O)c1c(SCC)cccc1C(F)(F)F. The Kier molecular flexibility index (Phi) is 12.4. The van der Waals surface area contributed by atoms with E-state index in [1.54, 1.807) is 13.8 Å². The van der Waals surface area contributed by atoms with E-state index in [1.165, 1.54) is 0 Å². The average Bonchev–Trinajstić information content (AvgIpc) is 2.82. The molecule has 0 heterocycles. The largest absolute Gasteiger partial charge is 0.417 e. The molecule has 0 bridgehead atoms. The summed E-state index contributed by atoms with van der Waals surface area (Å²) in [6.07, 6.45) is -10.1. The van der Waals surface area contributed by atoms with Gasteiger partial charge in [-0.25, -0.2) is 8.37 Å². The van der Waals surface area contributed by atoms with Gasteiger partial charge in [-0.15, -0.1) is 23.5 Å². The lowest BCUT2D eigenvalue weighted by molar-refractivity contribution is -0.141.